The van der Waals surface area contributed by atoms with Gasteiger partial charge in [0.25, 0.3) is 6.43 Å². The SMILES string of the molecule is Cc1cc(NCC(F)F)nn1C. The first-order valence-corrected chi connectivity index (χ1v) is 3.62. The molecule has 68 valence electrons. The van der Waals surface area contributed by atoms with Crippen molar-refractivity contribution in [3.63, 3.8) is 0 Å². The van der Waals surface area contributed by atoms with Gasteiger partial charge in [-0.3, -0.25) is 4.68 Å². The molecule has 0 bridgehead atoms. The summed E-state index contributed by atoms with van der Waals surface area (Å²) in [6, 6.07) is 1.72. The van der Waals surface area contributed by atoms with Crippen molar-refractivity contribution >= 4 is 5.82 Å². The molecule has 0 aromatic carbocycles. The summed E-state index contributed by atoms with van der Waals surface area (Å²) < 4.78 is 25.1. The number of hydrogen-bond donors (Lipinski definition) is 1. The maximum Gasteiger partial charge on any atom is 0.255 e. The van der Waals surface area contributed by atoms with Crippen molar-refractivity contribution in [3.8, 4) is 0 Å². The molecule has 0 aliphatic carbocycles. The standard InChI is InChI=1S/C7H11F2N3/c1-5-3-7(11-12(5)2)10-4-6(8)9/h3,6H,4H2,1-2H3,(H,10,11). The lowest BCUT2D eigenvalue weighted by Gasteiger charge is -1.99. The van der Waals surface area contributed by atoms with Gasteiger partial charge in [0, 0.05) is 18.8 Å². The van der Waals surface area contributed by atoms with Crippen molar-refractivity contribution in [2.24, 2.45) is 7.05 Å². The Balaban J connectivity index is 2.53. The molecule has 0 spiro atoms. The van der Waals surface area contributed by atoms with Gasteiger partial charge < -0.3 is 5.32 Å². The third kappa shape index (κ3) is 2.18. The van der Waals surface area contributed by atoms with Crippen molar-refractivity contribution in [3.05, 3.63) is 11.8 Å². The maximum atomic E-state index is 11.7. The lowest BCUT2D eigenvalue weighted by Crippen LogP contribution is -2.10. The minimum atomic E-state index is -2.34. The van der Waals surface area contributed by atoms with Crippen LogP contribution in [0.5, 0.6) is 0 Å². The van der Waals surface area contributed by atoms with Crippen LogP contribution in [0.1, 0.15) is 5.69 Å². The van der Waals surface area contributed by atoms with Crippen LogP contribution >= 0.6 is 0 Å². The molecule has 3 nitrogen and oxygen atoms in total. The molecule has 0 aliphatic heterocycles. The summed E-state index contributed by atoms with van der Waals surface area (Å²) in [5.74, 6) is 0.496. The van der Waals surface area contributed by atoms with E-state index in [0.29, 0.717) is 5.82 Å². The highest BCUT2D eigenvalue weighted by atomic mass is 19.3. The van der Waals surface area contributed by atoms with Crippen LogP contribution < -0.4 is 5.32 Å². The fraction of sp³-hybridized carbons (Fsp3) is 0.571. The molecule has 1 heterocycles. The second-order valence-electron chi connectivity index (χ2n) is 2.57. The fourth-order valence-corrected chi connectivity index (χ4v) is 0.829. The monoisotopic (exact) mass is 175 g/mol. The minimum Gasteiger partial charge on any atom is -0.363 e. The summed E-state index contributed by atoms with van der Waals surface area (Å²) in [6.45, 7) is 1.51. The van der Waals surface area contributed by atoms with Gasteiger partial charge in [-0.25, -0.2) is 8.78 Å². The predicted molar refractivity (Wildman–Crippen MR) is 42.4 cm³/mol. The van der Waals surface area contributed by atoms with Crippen LogP contribution in [-0.2, 0) is 7.05 Å². The smallest absolute Gasteiger partial charge is 0.255 e. The Morgan fingerprint density at radius 1 is 1.67 bits per heavy atom. The van der Waals surface area contributed by atoms with E-state index in [1.807, 2.05) is 6.92 Å². The van der Waals surface area contributed by atoms with Gasteiger partial charge in [0.15, 0.2) is 0 Å². The molecule has 0 saturated carbocycles. The molecule has 1 aromatic rings. The molecule has 1 aromatic heterocycles. The van der Waals surface area contributed by atoms with Crippen molar-refractivity contribution in [2.75, 3.05) is 11.9 Å². The quantitative estimate of drug-likeness (QED) is 0.752. The molecule has 1 N–H and O–H groups in total. The summed E-state index contributed by atoms with van der Waals surface area (Å²) in [6.07, 6.45) is -2.34. The Morgan fingerprint density at radius 2 is 2.33 bits per heavy atom. The molecule has 0 fully saturated rings. The summed E-state index contributed by atoms with van der Waals surface area (Å²) in [7, 11) is 1.77. The zero-order valence-corrected chi connectivity index (χ0v) is 7.01. The van der Waals surface area contributed by atoms with Gasteiger partial charge in [-0.05, 0) is 6.92 Å². The summed E-state index contributed by atoms with van der Waals surface area (Å²) in [5, 5.41) is 6.48. The minimum absolute atomic E-state index is 0.351. The number of aromatic nitrogens is 2. The van der Waals surface area contributed by atoms with Crippen LogP contribution in [-0.4, -0.2) is 22.8 Å². The van der Waals surface area contributed by atoms with Gasteiger partial charge in [0.2, 0.25) is 0 Å². The zero-order chi connectivity index (χ0) is 9.14. The Hall–Kier alpha value is -1.13. The van der Waals surface area contributed by atoms with E-state index in [4.69, 9.17) is 0 Å². The van der Waals surface area contributed by atoms with Crippen molar-refractivity contribution in [1.29, 1.82) is 0 Å². The molecule has 0 aliphatic rings. The normalized spacial score (nSPS) is 10.8. The summed E-state index contributed by atoms with van der Waals surface area (Å²) in [4.78, 5) is 0. The average molecular weight is 175 g/mol. The third-order valence-corrected chi connectivity index (χ3v) is 1.55. The van der Waals surface area contributed by atoms with Crippen LogP contribution in [0.25, 0.3) is 0 Å². The number of aryl methyl sites for hydroxylation is 2. The highest BCUT2D eigenvalue weighted by Gasteiger charge is 2.04. The Morgan fingerprint density at radius 3 is 2.75 bits per heavy atom. The summed E-state index contributed by atoms with van der Waals surface area (Å²) in [5.41, 5.74) is 0.937. The highest BCUT2D eigenvalue weighted by molar-refractivity contribution is 5.35. The first kappa shape index (κ1) is 8.96. The second kappa shape index (κ2) is 3.51. The summed E-state index contributed by atoms with van der Waals surface area (Å²) >= 11 is 0. The highest BCUT2D eigenvalue weighted by Crippen LogP contribution is 2.06. The van der Waals surface area contributed by atoms with Gasteiger partial charge in [0.05, 0.1) is 6.54 Å². The molecular weight excluding hydrogens is 164 g/mol. The van der Waals surface area contributed by atoms with Gasteiger partial charge in [-0.1, -0.05) is 0 Å². The van der Waals surface area contributed by atoms with Crippen LogP contribution in [0.2, 0.25) is 0 Å². The lowest BCUT2D eigenvalue weighted by molar-refractivity contribution is 0.163. The molecule has 0 unspecified atom stereocenters. The number of nitrogens with zero attached hydrogens (tertiary/aromatic N) is 2. The Bertz CT molecular complexity index is 238. The molecule has 1 rings (SSSR count). The first-order valence-electron chi connectivity index (χ1n) is 3.62. The van der Waals surface area contributed by atoms with E-state index < -0.39 is 6.43 Å². The Kier molecular flexibility index (Phi) is 2.62. The molecule has 5 heteroatoms. The van der Waals surface area contributed by atoms with Crippen LogP contribution in [0, 0.1) is 6.92 Å². The molecule has 0 amide bonds. The topological polar surface area (TPSA) is 29.9 Å². The third-order valence-electron chi connectivity index (χ3n) is 1.55. The van der Waals surface area contributed by atoms with E-state index >= 15 is 0 Å². The van der Waals surface area contributed by atoms with Crippen LogP contribution in [0.4, 0.5) is 14.6 Å². The van der Waals surface area contributed by atoms with E-state index in [9.17, 15) is 8.78 Å². The number of hydrogen-bond acceptors (Lipinski definition) is 2. The van der Waals surface area contributed by atoms with E-state index in [0.717, 1.165) is 5.69 Å². The molecule has 12 heavy (non-hydrogen) atoms. The fourth-order valence-electron chi connectivity index (χ4n) is 0.829. The van der Waals surface area contributed by atoms with E-state index in [2.05, 4.69) is 10.4 Å². The van der Waals surface area contributed by atoms with E-state index in [-0.39, 0.29) is 6.54 Å². The van der Waals surface area contributed by atoms with Gasteiger partial charge >= 0.3 is 0 Å². The number of anilines is 1. The number of nitrogens with one attached hydrogen (secondary N) is 1. The van der Waals surface area contributed by atoms with Crippen molar-refractivity contribution < 1.29 is 8.78 Å². The molecule has 0 saturated heterocycles. The van der Waals surface area contributed by atoms with E-state index in [1.54, 1.807) is 17.8 Å². The lowest BCUT2D eigenvalue weighted by atomic mass is 10.4. The van der Waals surface area contributed by atoms with Crippen LogP contribution in [0.15, 0.2) is 6.07 Å². The molecule has 0 atom stereocenters. The molecule has 0 radical (unpaired) electrons. The average Bonchev–Trinajstić information content (AvgIpc) is 2.28. The van der Waals surface area contributed by atoms with Crippen molar-refractivity contribution in [1.82, 2.24) is 9.78 Å². The van der Waals surface area contributed by atoms with Crippen LogP contribution in [0.3, 0.4) is 0 Å². The number of rotatable bonds is 3. The van der Waals surface area contributed by atoms with Gasteiger partial charge in [-0.2, -0.15) is 5.10 Å². The largest absolute Gasteiger partial charge is 0.363 e. The Labute approximate surface area is 69.4 Å². The first-order chi connectivity index (χ1) is 5.59. The van der Waals surface area contributed by atoms with Crippen molar-refractivity contribution in [2.45, 2.75) is 13.3 Å². The van der Waals surface area contributed by atoms with Gasteiger partial charge in [0.1, 0.15) is 5.82 Å². The maximum absolute atomic E-state index is 11.7. The van der Waals surface area contributed by atoms with Gasteiger partial charge in [-0.15, -0.1) is 0 Å². The van der Waals surface area contributed by atoms with E-state index in [1.165, 1.54) is 0 Å². The number of alkyl halides is 2. The second-order valence-corrected chi connectivity index (χ2v) is 2.57. The molecular formula is C7H11F2N3. The number of halogens is 2. The predicted octanol–water partition coefficient (Wildman–Crippen LogP) is 1.41. The zero-order valence-electron chi connectivity index (χ0n) is 7.01.